The van der Waals surface area contributed by atoms with E-state index in [4.69, 9.17) is 20.8 Å². The monoisotopic (exact) mass is 448 g/mol. The second-order valence-electron chi connectivity index (χ2n) is 6.18. The largest absolute Gasteiger partial charge is 0.481 e. The quantitative estimate of drug-likeness (QED) is 0.389. The van der Waals surface area contributed by atoms with Crippen LogP contribution < -0.4 is 10.1 Å². The van der Waals surface area contributed by atoms with Crippen LogP contribution >= 0.6 is 11.6 Å². The van der Waals surface area contributed by atoms with Gasteiger partial charge in [-0.25, -0.2) is 14.4 Å². The lowest BCUT2D eigenvalue weighted by atomic mass is 10.1. The van der Waals surface area contributed by atoms with Crippen LogP contribution in [0.1, 0.15) is 21.9 Å². The maximum atomic E-state index is 12.7. The SMILES string of the molecule is COC(=O)COc1ccc(Cl)cc1C=C1NC(=O)N(Cc2ccc(C(=O)OC)o2)C1=O. The molecule has 11 heteroatoms. The smallest absolute Gasteiger partial charge is 0.373 e. The summed E-state index contributed by atoms with van der Waals surface area (Å²) in [4.78, 5) is 48.7. The Bertz CT molecular complexity index is 1070. The summed E-state index contributed by atoms with van der Waals surface area (Å²) in [5.74, 6) is -1.46. The predicted molar refractivity (Wildman–Crippen MR) is 106 cm³/mol. The molecule has 1 fully saturated rings. The van der Waals surface area contributed by atoms with Crippen molar-refractivity contribution in [2.75, 3.05) is 20.8 Å². The number of nitrogens with zero attached hydrogens (tertiary/aromatic N) is 1. The number of carbonyl (C=O) groups excluding carboxylic acids is 4. The number of amides is 3. The maximum absolute atomic E-state index is 12.7. The van der Waals surface area contributed by atoms with Gasteiger partial charge in [0, 0.05) is 10.6 Å². The minimum absolute atomic E-state index is 0.0325. The molecule has 1 aliphatic rings. The Labute approximate surface area is 181 Å². The van der Waals surface area contributed by atoms with Crippen molar-refractivity contribution in [3.63, 3.8) is 0 Å². The number of hydrogen-bond acceptors (Lipinski definition) is 8. The van der Waals surface area contributed by atoms with Crippen molar-refractivity contribution in [2.24, 2.45) is 0 Å². The molecule has 1 saturated heterocycles. The first kappa shape index (κ1) is 21.9. The highest BCUT2D eigenvalue weighted by Crippen LogP contribution is 2.27. The number of urea groups is 1. The van der Waals surface area contributed by atoms with Crippen LogP contribution in [-0.2, 0) is 25.6 Å². The summed E-state index contributed by atoms with van der Waals surface area (Å²) in [6, 6.07) is 6.75. The van der Waals surface area contributed by atoms with Gasteiger partial charge in [0.2, 0.25) is 5.76 Å². The summed E-state index contributed by atoms with van der Waals surface area (Å²) >= 11 is 6.02. The molecule has 3 rings (SSSR count). The normalized spacial score (nSPS) is 14.5. The van der Waals surface area contributed by atoms with Gasteiger partial charge in [0.25, 0.3) is 5.91 Å². The van der Waals surface area contributed by atoms with Gasteiger partial charge in [0.05, 0.1) is 20.8 Å². The van der Waals surface area contributed by atoms with Crippen molar-refractivity contribution >= 4 is 41.6 Å². The second kappa shape index (κ2) is 9.35. The van der Waals surface area contributed by atoms with E-state index in [2.05, 4.69) is 14.8 Å². The maximum Gasteiger partial charge on any atom is 0.373 e. The lowest BCUT2D eigenvalue weighted by molar-refractivity contribution is -0.142. The summed E-state index contributed by atoms with van der Waals surface area (Å²) < 4.78 is 19.8. The number of methoxy groups -OCH3 is 2. The molecule has 1 aliphatic heterocycles. The van der Waals surface area contributed by atoms with E-state index in [0.29, 0.717) is 10.6 Å². The van der Waals surface area contributed by atoms with Gasteiger partial charge in [0.1, 0.15) is 17.2 Å². The van der Waals surface area contributed by atoms with E-state index in [0.717, 1.165) is 4.90 Å². The van der Waals surface area contributed by atoms with Gasteiger partial charge in [0.15, 0.2) is 6.61 Å². The average molecular weight is 449 g/mol. The zero-order valence-corrected chi connectivity index (χ0v) is 17.2. The first-order chi connectivity index (χ1) is 14.8. The predicted octanol–water partition coefficient (Wildman–Crippen LogP) is 2.36. The van der Waals surface area contributed by atoms with Crippen LogP contribution in [0.2, 0.25) is 5.02 Å². The zero-order valence-electron chi connectivity index (χ0n) is 16.5. The van der Waals surface area contributed by atoms with Gasteiger partial charge in [-0.3, -0.25) is 9.69 Å². The molecule has 1 N–H and O–H groups in total. The standard InChI is InChI=1S/C20H17ClN2O8/c1-28-17(24)10-30-15-5-3-12(21)7-11(15)8-14-18(25)23(20(27)22-14)9-13-4-6-16(31-13)19(26)29-2/h3-8H,9-10H2,1-2H3,(H,22,27). The Morgan fingerprint density at radius 1 is 1.16 bits per heavy atom. The van der Waals surface area contributed by atoms with Crippen LogP contribution in [-0.4, -0.2) is 49.6 Å². The highest BCUT2D eigenvalue weighted by Gasteiger charge is 2.34. The van der Waals surface area contributed by atoms with Gasteiger partial charge in [-0.05, 0) is 36.4 Å². The number of nitrogens with one attached hydrogen (secondary N) is 1. The molecular formula is C20H17ClN2O8. The molecule has 31 heavy (non-hydrogen) atoms. The second-order valence-corrected chi connectivity index (χ2v) is 6.62. The zero-order chi connectivity index (χ0) is 22.5. The summed E-state index contributed by atoms with van der Waals surface area (Å²) in [6.45, 7) is -0.540. The van der Waals surface area contributed by atoms with Crippen molar-refractivity contribution < 1.29 is 37.8 Å². The third-order valence-electron chi connectivity index (χ3n) is 4.17. The molecule has 0 radical (unpaired) electrons. The number of ether oxygens (including phenoxy) is 3. The van der Waals surface area contributed by atoms with Crippen molar-refractivity contribution in [3.05, 3.63) is 58.1 Å². The van der Waals surface area contributed by atoms with Crippen molar-refractivity contribution in [2.45, 2.75) is 6.54 Å². The number of carbonyl (C=O) groups is 4. The molecular weight excluding hydrogens is 432 g/mol. The van der Waals surface area contributed by atoms with Crippen LogP contribution in [0.3, 0.4) is 0 Å². The van der Waals surface area contributed by atoms with E-state index < -0.39 is 23.9 Å². The number of imide groups is 1. The molecule has 162 valence electrons. The molecule has 0 atom stereocenters. The Balaban J connectivity index is 1.80. The fourth-order valence-electron chi connectivity index (χ4n) is 2.66. The van der Waals surface area contributed by atoms with Crippen LogP contribution in [0.5, 0.6) is 5.75 Å². The number of rotatable bonds is 7. The van der Waals surface area contributed by atoms with Crippen LogP contribution in [0, 0.1) is 0 Å². The number of hydrogen-bond donors (Lipinski definition) is 1. The van der Waals surface area contributed by atoms with Crippen LogP contribution in [0.25, 0.3) is 6.08 Å². The summed E-state index contributed by atoms with van der Waals surface area (Å²) in [7, 11) is 2.43. The van der Waals surface area contributed by atoms with E-state index >= 15 is 0 Å². The van der Waals surface area contributed by atoms with E-state index in [1.807, 2.05) is 0 Å². The van der Waals surface area contributed by atoms with E-state index in [9.17, 15) is 19.2 Å². The Morgan fingerprint density at radius 2 is 1.94 bits per heavy atom. The van der Waals surface area contributed by atoms with Gasteiger partial charge in [-0.2, -0.15) is 0 Å². The third-order valence-corrected chi connectivity index (χ3v) is 4.40. The summed E-state index contributed by atoms with van der Waals surface area (Å²) in [5.41, 5.74) is 0.336. The van der Waals surface area contributed by atoms with Crippen molar-refractivity contribution in [1.29, 1.82) is 0 Å². The number of furan rings is 1. The molecule has 10 nitrogen and oxygen atoms in total. The highest BCUT2D eigenvalue weighted by molar-refractivity contribution is 6.30. The molecule has 0 bridgehead atoms. The summed E-state index contributed by atoms with van der Waals surface area (Å²) in [6.07, 6.45) is 1.38. The summed E-state index contributed by atoms with van der Waals surface area (Å²) in [5, 5.41) is 2.82. The number of halogens is 1. The fraction of sp³-hybridized carbons (Fsp3) is 0.200. The van der Waals surface area contributed by atoms with Gasteiger partial charge < -0.3 is 23.9 Å². The number of benzene rings is 1. The molecule has 1 aromatic carbocycles. The minimum Gasteiger partial charge on any atom is -0.481 e. The van der Waals surface area contributed by atoms with Crippen LogP contribution in [0.15, 0.2) is 40.4 Å². The minimum atomic E-state index is -0.676. The van der Waals surface area contributed by atoms with Crippen molar-refractivity contribution in [1.82, 2.24) is 10.2 Å². The Morgan fingerprint density at radius 3 is 2.65 bits per heavy atom. The average Bonchev–Trinajstić information content (AvgIpc) is 3.33. The highest BCUT2D eigenvalue weighted by atomic mass is 35.5. The van der Waals surface area contributed by atoms with Gasteiger partial charge >= 0.3 is 18.0 Å². The van der Waals surface area contributed by atoms with E-state index in [1.54, 1.807) is 6.07 Å². The van der Waals surface area contributed by atoms with E-state index in [1.165, 1.54) is 44.6 Å². The van der Waals surface area contributed by atoms with Crippen LogP contribution in [0.4, 0.5) is 4.79 Å². The van der Waals surface area contributed by atoms with Gasteiger partial charge in [-0.1, -0.05) is 11.6 Å². The number of esters is 2. The molecule has 0 aliphatic carbocycles. The Kier molecular flexibility index (Phi) is 6.61. The lowest BCUT2D eigenvalue weighted by Crippen LogP contribution is -2.30. The lowest BCUT2D eigenvalue weighted by Gasteiger charge is -2.10. The molecule has 2 heterocycles. The third kappa shape index (κ3) is 5.04. The topological polar surface area (TPSA) is 124 Å². The molecule has 3 amide bonds. The first-order valence-corrected chi connectivity index (χ1v) is 9.21. The van der Waals surface area contributed by atoms with Crippen molar-refractivity contribution in [3.8, 4) is 5.75 Å². The molecule has 0 unspecified atom stereocenters. The van der Waals surface area contributed by atoms with E-state index in [-0.39, 0.29) is 36.1 Å². The molecule has 2 aromatic rings. The fourth-order valence-corrected chi connectivity index (χ4v) is 2.84. The molecule has 1 aromatic heterocycles. The van der Waals surface area contributed by atoms with Gasteiger partial charge in [-0.15, -0.1) is 0 Å². The Hall–Kier alpha value is -3.79. The molecule has 0 saturated carbocycles. The first-order valence-electron chi connectivity index (χ1n) is 8.83. The molecule has 0 spiro atoms.